The van der Waals surface area contributed by atoms with E-state index in [1.54, 1.807) is 24.3 Å². The van der Waals surface area contributed by atoms with Crippen LogP contribution in [0.3, 0.4) is 0 Å². The zero-order valence-electron chi connectivity index (χ0n) is 18.8. The number of rotatable bonds is 7. The van der Waals surface area contributed by atoms with E-state index in [1.165, 1.54) is 19.2 Å². The molecule has 0 bridgehead atoms. The Morgan fingerprint density at radius 2 is 1.82 bits per heavy atom. The van der Waals surface area contributed by atoms with Gasteiger partial charge in [0.25, 0.3) is 5.91 Å². The summed E-state index contributed by atoms with van der Waals surface area (Å²) in [6.07, 6.45) is 1.83. The van der Waals surface area contributed by atoms with Gasteiger partial charge in [-0.15, -0.1) is 0 Å². The lowest BCUT2D eigenvalue weighted by Crippen LogP contribution is -2.30. The average molecular weight is 466 g/mol. The van der Waals surface area contributed by atoms with Gasteiger partial charge >= 0.3 is 0 Å². The predicted molar refractivity (Wildman–Crippen MR) is 130 cm³/mol. The zero-order valence-corrected chi connectivity index (χ0v) is 19.5. The number of ether oxygens (including phenoxy) is 2. The number of benzene rings is 3. The van der Waals surface area contributed by atoms with Crippen molar-refractivity contribution in [2.24, 2.45) is 5.92 Å². The van der Waals surface area contributed by atoms with Crippen molar-refractivity contribution in [3.05, 3.63) is 88.2 Å². The molecule has 3 aromatic rings. The van der Waals surface area contributed by atoms with Crippen molar-refractivity contribution in [1.82, 2.24) is 0 Å². The van der Waals surface area contributed by atoms with Crippen LogP contribution in [-0.2, 0) is 11.4 Å². The van der Waals surface area contributed by atoms with E-state index < -0.39 is 0 Å². The molecule has 0 saturated carbocycles. The van der Waals surface area contributed by atoms with Gasteiger partial charge in [-0.05, 0) is 53.5 Å². The van der Waals surface area contributed by atoms with Gasteiger partial charge in [0, 0.05) is 17.7 Å². The summed E-state index contributed by atoms with van der Waals surface area (Å²) in [5.41, 5.74) is 3.97. The monoisotopic (exact) mass is 465 g/mol. The molecule has 0 spiro atoms. The molecule has 3 aromatic carbocycles. The first kappa shape index (κ1) is 22.9. The molecule has 4 nitrogen and oxygen atoms in total. The Morgan fingerprint density at radius 1 is 1.09 bits per heavy atom. The fourth-order valence-corrected chi connectivity index (χ4v) is 4.13. The van der Waals surface area contributed by atoms with Crippen molar-refractivity contribution in [2.45, 2.75) is 20.5 Å². The van der Waals surface area contributed by atoms with E-state index in [0.29, 0.717) is 34.6 Å². The summed E-state index contributed by atoms with van der Waals surface area (Å²) in [6.45, 7) is 5.04. The van der Waals surface area contributed by atoms with Crippen LogP contribution in [-0.4, -0.2) is 19.6 Å². The highest BCUT2D eigenvalue weighted by Crippen LogP contribution is 2.41. The van der Waals surface area contributed by atoms with Gasteiger partial charge in [-0.3, -0.25) is 4.79 Å². The second-order valence-electron chi connectivity index (χ2n) is 8.33. The van der Waals surface area contributed by atoms with Crippen LogP contribution in [0.15, 0.2) is 60.7 Å². The number of hydrogen-bond donors (Lipinski definition) is 0. The Balaban J connectivity index is 1.65. The number of anilines is 1. The molecule has 1 aliphatic rings. The third kappa shape index (κ3) is 4.88. The fourth-order valence-electron chi connectivity index (χ4n) is 3.86. The quantitative estimate of drug-likeness (QED) is 0.368. The van der Waals surface area contributed by atoms with Gasteiger partial charge in [-0.25, -0.2) is 4.39 Å². The second kappa shape index (κ2) is 9.67. The van der Waals surface area contributed by atoms with Crippen LogP contribution in [0.4, 0.5) is 10.1 Å². The molecule has 1 amide bonds. The number of methoxy groups -OCH3 is 1. The molecule has 0 fully saturated rings. The standard InChI is InChI=1S/C27H25ClFNO3/c1-17(2)15-30-24-7-5-4-6-21(24)22(27(30)31)12-19-13-23(28)26(25(14-19)32-3)33-16-18-8-10-20(29)11-9-18/h4-14,17H,15-16H2,1-3H3/b22-12-. The van der Waals surface area contributed by atoms with Gasteiger partial charge in [0.2, 0.25) is 0 Å². The van der Waals surface area contributed by atoms with E-state index in [0.717, 1.165) is 22.4 Å². The number of hydrogen-bond acceptors (Lipinski definition) is 3. The van der Waals surface area contributed by atoms with E-state index >= 15 is 0 Å². The molecule has 1 heterocycles. The Bertz CT molecular complexity index is 1200. The lowest BCUT2D eigenvalue weighted by atomic mass is 10.0. The van der Waals surface area contributed by atoms with Gasteiger partial charge in [0.05, 0.1) is 17.8 Å². The zero-order chi connectivity index (χ0) is 23.5. The number of carbonyl (C=O) groups is 1. The summed E-state index contributed by atoms with van der Waals surface area (Å²) in [6, 6.07) is 17.4. The Labute approximate surface area is 198 Å². The number of para-hydroxylation sites is 1. The minimum absolute atomic E-state index is 0.0309. The molecular formula is C27H25ClFNO3. The number of carbonyl (C=O) groups excluding carboxylic acids is 1. The molecule has 0 unspecified atom stereocenters. The molecule has 0 aromatic heterocycles. The van der Waals surface area contributed by atoms with Crippen LogP contribution in [0.5, 0.6) is 11.5 Å². The van der Waals surface area contributed by atoms with Gasteiger partial charge < -0.3 is 14.4 Å². The highest BCUT2D eigenvalue weighted by atomic mass is 35.5. The van der Waals surface area contributed by atoms with Crippen LogP contribution >= 0.6 is 11.6 Å². The highest BCUT2D eigenvalue weighted by Gasteiger charge is 2.32. The van der Waals surface area contributed by atoms with E-state index in [-0.39, 0.29) is 18.3 Å². The minimum Gasteiger partial charge on any atom is -0.493 e. The maximum atomic E-state index is 13.2. The lowest BCUT2D eigenvalue weighted by molar-refractivity contribution is -0.113. The van der Waals surface area contributed by atoms with Gasteiger partial charge in [0.1, 0.15) is 12.4 Å². The third-order valence-electron chi connectivity index (χ3n) is 5.37. The van der Waals surface area contributed by atoms with Gasteiger partial charge in [0.15, 0.2) is 11.5 Å². The molecule has 6 heteroatoms. The molecule has 0 radical (unpaired) electrons. The first-order valence-electron chi connectivity index (χ1n) is 10.7. The summed E-state index contributed by atoms with van der Waals surface area (Å²) in [7, 11) is 1.54. The average Bonchev–Trinajstić information content (AvgIpc) is 3.04. The predicted octanol–water partition coefficient (Wildman–Crippen LogP) is 6.61. The summed E-state index contributed by atoms with van der Waals surface area (Å²) in [4.78, 5) is 15.1. The van der Waals surface area contributed by atoms with Crippen molar-refractivity contribution < 1.29 is 18.7 Å². The van der Waals surface area contributed by atoms with E-state index in [4.69, 9.17) is 21.1 Å². The fraction of sp³-hybridized carbons (Fsp3) is 0.222. The van der Waals surface area contributed by atoms with Crippen molar-refractivity contribution in [2.75, 3.05) is 18.6 Å². The first-order chi connectivity index (χ1) is 15.9. The summed E-state index contributed by atoms with van der Waals surface area (Å²) >= 11 is 6.53. The molecule has 33 heavy (non-hydrogen) atoms. The highest BCUT2D eigenvalue weighted by molar-refractivity contribution is 6.36. The largest absolute Gasteiger partial charge is 0.493 e. The first-order valence-corrected chi connectivity index (χ1v) is 11.1. The molecule has 4 rings (SSSR count). The SMILES string of the molecule is COc1cc(/C=C2\C(=O)N(CC(C)C)c3ccccc32)cc(Cl)c1OCc1ccc(F)cc1. The van der Waals surface area contributed by atoms with Gasteiger partial charge in [-0.2, -0.15) is 0 Å². The van der Waals surface area contributed by atoms with Crippen molar-refractivity contribution in [3.8, 4) is 11.5 Å². The summed E-state index contributed by atoms with van der Waals surface area (Å²) in [5.74, 6) is 0.853. The van der Waals surface area contributed by atoms with E-state index in [1.807, 2.05) is 35.2 Å². The van der Waals surface area contributed by atoms with Crippen molar-refractivity contribution >= 4 is 34.8 Å². The number of halogens is 2. The number of amides is 1. The van der Waals surface area contributed by atoms with Gasteiger partial charge in [-0.1, -0.05) is 55.8 Å². The smallest absolute Gasteiger partial charge is 0.259 e. The number of nitrogens with zero attached hydrogens (tertiary/aromatic N) is 1. The molecule has 0 atom stereocenters. The molecule has 170 valence electrons. The topological polar surface area (TPSA) is 38.8 Å². The molecular weight excluding hydrogens is 441 g/mol. The van der Waals surface area contributed by atoms with Crippen molar-refractivity contribution in [3.63, 3.8) is 0 Å². The van der Waals surface area contributed by atoms with Crippen molar-refractivity contribution in [1.29, 1.82) is 0 Å². The number of fused-ring (bicyclic) bond motifs is 1. The third-order valence-corrected chi connectivity index (χ3v) is 5.65. The van der Waals surface area contributed by atoms with E-state index in [2.05, 4.69) is 13.8 Å². The molecule has 0 aliphatic carbocycles. The minimum atomic E-state index is -0.304. The van der Waals surface area contributed by atoms with Crippen LogP contribution < -0.4 is 14.4 Å². The molecule has 1 aliphatic heterocycles. The van der Waals surface area contributed by atoms with Crippen LogP contribution in [0, 0.1) is 11.7 Å². The normalized spacial score (nSPS) is 14.2. The van der Waals surface area contributed by atoms with Crippen LogP contribution in [0.25, 0.3) is 11.6 Å². The maximum Gasteiger partial charge on any atom is 0.259 e. The Kier molecular flexibility index (Phi) is 6.70. The van der Waals surface area contributed by atoms with Crippen LogP contribution in [0.1, 0.15) is 30.5 Å². The second-order valence-corrected chi connectivity index (χ2v) is 8.74. The Morgan fingerprint density at radius 3 is 2.52 bits per heavy atom. The maximum absolute atomic E-state index is 13.2. The Hall–Kier alpha value is -3.31. The molecule has 0 saturated heterocycles. The summed E-state index contributed by atoms with van der Waals surface area (Å²) in [5, 5.41) is 0.362. The lowest BCUT2D eigenvalue weighted by Gasteiger charge is -2.19. The van der Waals surface area contributed by atoms with E-state index in [9.17, 15) is 9.18 Å². The molecule has 0 N–H and O–H groups in total. The van der Waals surface area contributed by atoms with Crippen LogP contribution in [0.2, 0.25) is 5.02 Å². The summed E-state index contributed by atoms with van der Waals surface area (Å²) < 4.78 is 24.5.